The lowest BCUT2D eigenvalue weighted by molar-refractivity contribution is 0.0963. The van der Waals surface area contributed by atoms with Crippen LogP contribution in [0.4, 0.5) is 0 Å². The molecule has 16 heavy (non-hydrogen) atoms. The van der Waals surface area contributed by atoms with Gasteiger partial charge in [-0.05, 0) is 19.1 Å². The van der Waals surface area contributed by atoms with Crippen molar-refractivity contribution in [3.8, 4) is 10.6 Å². The summed E-state index contributed by atoms with van der Waals surface area (Å²) in [5.74, 6) is -0.106. The third-order valence-corrected chi connectivity index (χ3v) is 3.18. The van der Waals surface area contributed by atoms with Crippen LogP contribution >= 0.6 is 11.3 Å². The van der Waals surface area contributed by atoms with Gasteiger partial charge in [-0.15, -0.1) is 11.3 Å². The summed E-state index contributed by atoms with van der Waals surface area (Å²) < 4.78 is 0. The molecule has 0 saturated heterocycles. The molecule has 0 radical (unpaired) electrons. The van der Waals surface area contributed by atoms with Crippen molar-refractivity contribution in [2.24, 2.45) is 0 Å². The molecule has 1 amide bonds. The van der Waals surface area contributed by atoms with Crippen LogP contribution in [0.15, 0.2) is 23.8 Å². The van der Waals surface area contributed by atoms with Crippen LogP contribution in [0.2, 0.25) is 0 Å². The number of amides is 1. The maximum Gasteiger partial charge on any atom is 0.251 e. The Kier molecular flexibility index (Phi) is 2.96. The van der Waals surface area contributed by atoms with E-state index in [2.05, 4.69) is 15.3 Å². The molecule has 1 N–H and O–H groups in total. The van der Waals surface area contributed by atoms with Crippen molar-refractivity contribution in [1.82, 2.24) is 15.3 Å². The summed E-state index contributed by atoms with van der Waals surface area (Å²) in [4.78, 5) is 20.9. The quantitative estimate of drug-likeness (QED) is 0.861. The van der Waals surface area contributed by atoms with Gasteiger partial charge < -0.3 is 5.32 Å². The van der Waals surface area contributed by atoms with Crippen LogP contribution < -0.4 is 5.32 Å². The van der Waals surface area contributed by atoms with Gasteiger partial charge in [-0.25, -0.2) is 4.98 Å². The van der Waals surface area contributed by atoms with Gasteiger partial charge in [0.25, 0.3) is 5.91 Å². The standard InChI is InChI=1S/C11H11N3OS/c1-7-10(16-6-14-7)9-5-8(3-4-13-9)11(15)12-2/h3-6H,1-2H3,(H,12,15). The maximum absolute atomic E-state index is 11.5. The molecule has 2 rings (SSSR count). The number of carbonyl (C=O) groups excluding carboxylic acids is 1. The Labute approximate surface area is 97.4 Å². The van der Waals surface area contributed by atoms with E-state index in [1.807, 2.05) is 6.92 Å². The van der Waals surface area contributed by atoms with Crippen molar-refractivity contribution in [2.45, 2.75) is 6.92 Å². The van der Waals surface area contributed by atoms with E-state index in [0.717, 1.165) is 16.3 Å². The van der Waals surface area contributed by atoms with Gasteiger partial charge in [0.2, 0.25) is 0 Å². The zero-order valence-electron chi connectivity index (χ0n) is 9.02. The minimum atomic E-state index is -0.106. The molecule has 5 heteroatoms. The number of aryl methyl sites for hydroxylation is 1. The molecule has 0 unspecified atom stereocenters. The Morgan fingerprint density at radius 3 is 2.88 bits per heavy atom. The second-order valence-corrected chi connectivity index (χ2v) is 4.13. The molecule has 0 spiro atoms. The summed E-state index contributed by atoms with van der Waals surface area (Å²) in [6.45, 7) is 1.93. The minimum absolute atomic E-state index is 0.106. The van der Waals surface area contributed by atoms with E-state index in [1.165, 1.54) is 11.3 Å². The number of hydrogen-bond donors (Lipinski definition) is 1. The van der Waals surface area contributed by atoms with E-state index in [9.17, 15) is 4.79 Å². The van der Waals surface area contributed by atoms with Gasteiger partial charge in [-0.3, -0.25) is 9.78 Å². The van der Waals surface area contributed by atoms with Crippen molar-refractivity contribution in [3.63, 3.8) is 0 Å². The van der Waals surface area contributed by atoms with Crippen LogP contribution in [0.3, 0.4) is 0 Å². The fourth-order valence-corrected chi connectivity index (χ4v) is 2.16. The van der Waals surface area contributed by atoms with Gasteiger partial charge in [0, 0.05) is 18.8 Å². The normalized spacial score (nSPS) is 10.1. The summed E-state index contributed by atoms with van der Waals surface area (Å²) in [6.07, 6.45) is 1.64. The third kappa shape index (κ3) is 1.94. The summed E-state index contributed by atoms with van der Waals surface area (Å²) in [5, 5.41) is 2.59. The number of hydrogen-bond acceptors (Lipinski definition) is 4. The molecule has 0 aliphatic rings. The van der Waals surface area contributed by atoms with Crippen LogP contribution in [0.25, 0.3) is 10.6 Å². The van der Waals surface area contributed by atoms with Gasteiger partial charge in [0.15, 0.2) is 0 Å². The van der Waals surface area contributed by atoms with Crippen LogP contribution in [0.5, 0.6) is 0 Å². The molecule has 0 saturated carbocycles. The fourth-order valence-electron chi connectivity index (χ4n) is 1.39. The number of nitrogens with one attached hydrogen (secondary N) is 1. The molecule has 2 heterocycles. The van der Waals surface area contributed by atoms with Gasteiger partial charge in [0.05, 0.1) is 21.8 Å². The molecule has 82 valence electrons. The van der Waals surface area contributed by atoms with Gasteiger partial charge in [0.1, 0.15) is 0 Å². The number of thiazole rings is 1. The second kappa shape index (κ2) is 4.40. The molecule has 4 nitrogen and oxygen atoms in total. The molecular weight excluding hydrogens is 222 g/mol. The smallest absolute Gasteiger partial charge is 0.251 e. The Morgan fingerprint density at radius 2 is 2.25 bits per heavy atom. The largest absolute Gasteiger partial charge is 0.355 e. The minimum Gasteiger partial charge on any atom is -0.355 e. The molecule has 2 aromatic heterocycles. The van der Waals surface area contributed by atoms with E-state index in [0.29, 0.717) is 5.56 Å². The first-order valence-corrected chi connectivity index (χ1v) is 5.69. The maximum atomic E-state index is 11.5. The zero-order valence-corrected chi connectivity index (χ0v) is 9.84. The lowest BCUT2D eigenvalue weighted by atomic mass is 10.2. The molecule has 0 aliphatic carbocycles. The summed E-state index contributed by atoms with van der Waals surface area (Å²) >= 11 is 1.53. The highest BCUT2D eigenvalue weighted by molar-refractivity contribution is 7.13. The number of rotatable bonds is 2. The fraction of sp³-hybridized carbons (Fsp3) is 0.182. The Balaban J connectivity index is 2.44. The first-order valence-electron chi connectivity index (χ1n) is 4.81. The van der Waals surface area contributed by atoms with Gasteiger partial charge in [-0.1, -0.05) is 0 Å². The molecule has 0 aromatic carbocycles. The zero-order chi connectivity index (χ0) is 11.5. The molecule has 0 fully saturated rings. The first-order chi connectivity index (χ1) is 7.72. The summed E-state index contributed by atoms with van der Waals surface area (Å²) in [7, 11) is 1.61. The highest BCUT2D eigenvalue weighted by Gasteiger charge is 2.09. The van der Waals surface area contributed by atoms with E-state index in [4.69, 9.17) is 0 Å². The van der Waals surface area contributed by atoms with Crippen LogP contribution in [-0.4, -0.2) is 22.9 Å². The monoisotopic (exact) mass is 233 g/mol. The number of aromatic nitrogens is 2. The van der Waals surface area contributed by atoms with E-state index >= 15 is 0 Å². The molecule has 0 atom stereocenters. The van der Waals surface area contributed by atoms with E-state index in [-0.39, 0.29) is 5.91 Å². The van der Waals surface area contributed by atoms with Crippen molar-refractivity contribution >= 4 is 17.2 Å². The predicted octanol–water partition coefficient (Wildman–Crippen LogP) is 1.87. The van der Waals surface area contributed by atoms with Crippen molar-refractivity contribution in [2.75, 3.05) is 7.05 Å². The van der Waals surface area contributed by atoms with Gasteiger partial charge >= 0.3 is 0 Å². The SMILES string of the molecule is CNC(=O)c1ccnc(-c2scnc2C)c1. The molecule has 2 aromatic rings. The Bertz CT molecular complexity index is 521. The topological polar surface area (TPSA) is 54.9 Å². The number of carbonyl (C=O) groups is 1. The van der Waals surface area contributed by atoms with Crippen molar-refractivity contribution in [3.05, 3.63) is 35.1 Å². The van der Waals surface area contributed by atoms with Crippen molar-refractivity contribution in [1.29, 1.82) is 0 Å². The number of pyridine rings is 1. The summed E-state index contributed by atoms with van der Waals surface area (Å²) in [5.41, 5.74) is 4.12. The van der Waals surface area contributed by atoms with Crippen LogP contribution in [-0.2, 0) is 0 Å². The van der Waals surface area contributed by atoms with Crippen LogP contribution in [0.1, 0.15) is 16.1 Å². The Morgan fingerprint density at radius 1 is 1.44 bits per heavy atom. The Hall–Kier alpha value is -1.75. The first kappa shape index (κ1) is 10.8. The molecule has 0 bridgehead atoms. The predicted molar refractivity (Wildman–Crippen MR) is 63.5 cm³/mol. The second-order valence-electron chi connectivity index (χ2n) is 3.28. The lowest BCUT2D eigenvalue weighted by Gasteiger charge is -2.02. The lowest BCUT2D eigenvalue weighted by Crippen LogP contribution is -2.17. The average Bonchev–Trinajstić information content (AvgIpc) is 2.74. The van der Waals surface area contributed by atoms with Gasteiger partial charge in [-0.2, -0.15) is 0 Å². The highest BCUT2D eigenvalue weighted by Crippen LogP contribution is 2.25. The highest BCUT2D eigenvalue weighted by atomic mass is 32.1. The average molecular weight is 233 g/mol. The van der Waals surface area contributed by atoms with E-state index < -0.39 is 0 Å². The third-order valence-electron chi connectivity index (χ3n) is 2.23. The molecular formula is C11H11N3OS. The van der Waals surface area contributed by atoms with Crippen LogP contribution in [0, 0.1) is 6.92 Å². The van der Waals surface area contributed by atoms with Crippen molar-refractivity contribution < 1.29 is 4.79 Å². The van der Waals surface area contributed by atoms with E-state index in [1.54, 1.807) is 30.9 Å². The number of nitrogens with zero attached hydrogens (tertiary/aromatic N) is 2. The summed E-state index contributed by atoms with van der Waals surface area (Å²) in [6, 6.07) is 3.47. The molecule has 0 aliphatic heterocycles.